The maximum atomic E-state index is 12.1. The van der Waals surface area contributed by atoms with Crippen LogP contribution in [0.5, 0.6) is 0 Å². The van der Waals surface area contributed by atoms with Gasteiger partial charge in [-0.3, -0.25) is 9.59 Å². The standard InChI is InChI=1S/C19H21N3O2/c20-12-14-3-7-16(8-4-14)19(24)21-13-15-5-9-17(10-6-15)22-11-1-2-18(22)23/h3-10H,1-2,11-13,20H2,(H,21,24). The van der Waals surface area contributed by atoms with E-state index in [0.29, 0.717) is 25.1 Å². The number of benzene rings is 2. The number of nitrogens with zero attached hydrogens (tertiary/aromatic N) is 1. The summed E-state index contributed by atoms with van der Waals surface area (Å²) < 4.78 is 0. The van der Waals surface area contributed by atoms with Crippen molar-refractivity contribution < 1.29 is 9.59 Å². The van der Waals surface area contributed by atoms with E-state index in [1.807, 2.05) is 36.4 Å². The van der Waals surface area contributed by atoms with Gasteiger partial charge in [0.1, 0.15) is 0 Å². The zero-order valence-electron chi connectivity index (χ0n) is 13.5. The van der Waals surface area contributed by atoms with Crippen molar-refractivity contribution >= 4 is 17.5 Å². The van der Waals surface area contributed by atoms with Gasteiger partial charge < -0.3 is 16.0 Å². The van der Waals surface area contributed by atoms with Crippen molar-refractivity contribution in [3.63, 3.8) is 0 Å². The van der Waals surface area contributed by atoms with Crippen LogP contribution in [0.15, 0.2) is 48.5 Å². The predicted molar refractivity (Wildman–Crippen MR) is 93.5 cm³/mol. The molecule has 3 N–H and O–H groups in total. The van der Waals surface area contributed by atoms with Crippen molar-refractivity contribution in [2.24, 2.45) is 5.73 Å². The highest BCUT2D eigenvalue weighted by Crippen LogP contribution is 2.21. The monoisotopic (exact) mass is 323 g/mol. The van der Waals surface area contributed by atoms with E-state index < -0.39 is 0 Å². The Kier molecular flexibility index (Phi) is 4.91. The zero-order valence-corrected chi connectivity index (χ0v) is 13.5. The van der Waals surface area contributed by atoms with Crippen LogP contribution < -0.4 is 16.0 Å². The first kappa shape index (κ1) is 16.2. The molecule has 3 rings (SSSR count). The van der Waals surface area contributed by atoms with Gasteiger partial charge in [-0.25, -0.2) is 0 Å². The first-order valence-corrected chi connectivity index (χ1v) is 8.14. The summed E-state index contributed by atoms with van der Waals surface area (Å²) in [5, 5.41) is 2.90. The maximum Gasteiger partial charge on any atom is 0.251 e. The van der Waals surface area contributed by atoms with Crippen molar-refractivity contribution in [1.82, 2.24) is 5.32 Å². The number of rotatable bonds is 5. The van der Waals surface area contributed by atoms with Gasteiger partial charge in [-0.15, -0.1) is 0 Å². The predicted octanol–water partition coefficient (Wildman–Crippen LogP) is 2.20. The van der Waals surface area contributed by atoms with Crippen LogP contribution in [0, 0.1) is 0 Å². The van der Waals surface area contributed by atoms with Crippen molar-refractivity contribution in [1.29, 1.82) is 0 Å². The van der Waals surface area contributed by atoms with Gasteiger partial charge >= 0.3 is 0 Å². The van der Waals surface area contributed by atoms with Gasteiger partial charge in [0.15, 0.2) is 0 Å². The van der Waals surface area contributed by atoms with E-state index >= 15 is 0 Å². The topological polar surface area (TPSA) is 75.4 Å². The summed E-state index contributed by atoms with van der Waals surface area (Å²) in [6, 6.07) is 15.0. The molecule has 1 aliphatic heterocycles. The molecular formula is C19H21N3O2. The minimum atomic E-state index is -0.114. The van der Waals surface area contributed by atoms with E-state index in [9.17, 15) is 9.59 Å². The van der Waals surface area contributed by atoms with E-state index in [-0.39, 0.29) is 11.8 Å². The molecule has 0 atom stereocenters. The normalized spacial score (nSPS) is 14.0. The van der Waals surface area contributed by atoms with Crippen molar-refractivity contribution in [2.45, 2.75) is 25.9 Å². The minimum Gasteiger partial charge on any atom is -0.348 e. The summed E-state index contributed by atoms with van der Waals surface area (Å²) in [5.74, 6) is 0.0642. The third-order valence-electron chi connectivity index (χ3n) is 4.23. The van der Waals surface area contributed by atoms with E-state index in [4.69, 9.17) is 5.73 Å². The van der Waals surface area contributed by atoms with E-state index in [2.05, 4.69) is 5.32 Å². The van der Waals surface area contributed by atoms with Crippen LogP contribution in [0.3, 0.4) is 0 Å². The highest BCUT2D eigenvalue weighted by Gasteiger charge is 2.21. The SMILES string of the molecule is NCc1ccc(C(=O)NCc2ccc(N3CCCC3=O)cc2)cc1. The van der Waals surface area contributed by atoms with Crippen molar-refractivity contribution in [3.05, 3.63) is 65.2 Å². The second kappa shape index (κ2) is 7.27. The Morgan fingerprint density at radius 2 is 1.71 bits per heavy atom. The molecular weight excluding hydrogens is 302 g/mol. The number of nitrogens with two attached hydrogens (primary N) is 1. The highest BCUT2D eigenvalue weighted by molar-refractivity contribution is 5.95. The second-order valence-electron chi connectivity index (χ2n) is 5.90. The molecule has 2 amide bonds. The number of amides is 2. The Morgan fingerprint density at radius 1 is 1.04 bits per heavy atom. The van der Waals surface area contributed by atoms with Crippen LogP contribution in [-0.4, -0.2) is 18.4 Å². The molecule has 1 fully saturated rings. The minimum absolute atomic E-state index is 0.114. The lowest BCUT2D eigenvalue weighted by Gasteiger charge is -2.16. The lowest BCUT2D eigenvalue weighted by Crippen LogP contribution is -2.24. The smallest absolute Gasteiger partial charge is 0.251 e. The largest absolute Gasteiger partial charge is 0.348 e. The molecule has 1 heterocycles. The van der Waals surface area contributed by atoms with Crippen LogP contribution in [0.1, 0.15) is 34.3 Å². The molecule has 124 valence electrons. The second-order valence-corrected chi connectivity index (χ2v) is 5.90. The first-order chi connectivity index (χ1) is 11.7. The molecule has 0 saturated carbocycles. The quantitative estimate of drug-likeness (QED) is 0.886. The lowest BCUT2D eigenvalue weighted by molar-refractivity contribution is -0.117. The Bertz CT molecular complexity index is 723. The molecule has 0 aliphatic carbocycles. The number of carbonyl (C=O) groups is 2. The fourth-order valence-electron chi connectivity index (χ4n) is 2.79. The molecule has 1 aliphatic rings. The molecule has 5 heteroatoms. The molecule has 0 bridgehead atoms. The lowest BCUT2D eigenvalue weighted by atomic mass is 10.1. The summed E-state index contributed by atoms with van der Waals surface area (Å²) in [5.41, 5.74) is 9.09. The molecule has 0 radical (unpaired) electrons. The third-order valence-corrected chi connectivity index (χ3v) is 4.23. The summed E-state index contributed by atoms with van der Waals surface area (Å²) in [6.07, 6.45) is 1.54. The van der Waals surface area contributed by atoms with Crippen LogP contribution >= 0.6 is 0 Å². The van der Waals surface area contributed by atoms with E-state index in [0.717, 1.165) is 29.8 Å². The first-order valence-electron chi connectivity index (χ1n) is 8.14. The van der Waals surface area contributed by atoms with Gasteiger partial charge in [-0.2, -0.15) is 0 Å². The molecule has 24 heavy (non-hydrogen) atoms. The Balaban J connectivity index is 1.57. The van der Waals surface area contributed by atoms with Gasteiger partial charge in [0, 0.05) is 37.3 Å². The van der Waals surface area contributed by atoms with Gasteiger partial charge in [-0.1, -0.05) is 24.3 Å². The number of hydrogen-bond acceptors (Lipinski definition) is 3. The summed E-state index contributed by atoms with van der Waals surface area (Å²) >= 11 is 0. The maximum absolute atomic E-state index is 12.1. The zero-order chi connectivity index (χ0) is 16.9. The van der Waals surface area contributed by atoms with Crippen LogP contribution in [0.25, 0.3) is 0 Å². The fraction of sp³-hybridized carbons (Fsp3) is 0.263. The van der Waals surface area contributed by atoms with E-state index in [1.165, 1.54) is 0 Å². The highest BCUT2D eigenvalue weighted by atomic mass is 16.2. The average molecular weight is 323 g/mol. The Labute approximate surface area is 141 Å². The molecule has 5 nitrogen and oxygen atoms in total. The van der Waals surface area contributed by atoms with Crippen LogP contribution in [0.2, 0.25) is 0 Å². The van der Waals surface area contributed by atoms with Crippen LogP contribution in [0.4, 0.5) is 5.69 Å². The number of hydrogen-bond donors (Lipinski definition) is 2. The average Bonchev–Trinajstić information content (AvgIpc) is 3.06. The van der Waals surface area contributed by atoms with Gasteiger partial charge in [0.05, 0.1) is 0 Å². The third kappa shape index (κ3) is 3.63. The van der Waals surface area contributed by atoms with Crippen molar-refractivity contribution in [2.75, 3.05) is 11.4 Å². The Hall–Kier alpha value is -2.66. The van der Waals surface area contributed by atoms with Crippen LogP contribution in [-0.2, 0) is 17.9 Å². The molecule has 0 spiro atoms. The number of nitrogens with one attached hydrogen (secondary N) is 1. The summed E-state index contributed by atoms with van der Waals surface area (Å²) in [6.45, 7) is 1.70. The Morgan fingerprint density at radius 3 is 2.29 bits per heavy atom. The summed E-state index contributed by atoms with van der Waals surface area (Å²) in [7, 11) is 0. The molecule has 0 unspecified atom stereocenters. The molecule has 1 saturated heterocycles. The van der Waals surface area contributed by atoms with Crippen molar-refractivity contribution in [3.8, 4) is 0 Å². The number of carbonyl (C=O) groups excluding carboxylic acids is 2. The fourth-order valence-corrected chi connectivity index (χ4v) is 2.79. The van der Waals surface area contributed by atoms with E-state index in [1.54, 1.807) is 17.0 Å². The number of anilines is 1. The van der Waals surface area contributed by atoms with Gasteiger partial charge in [0.2, 0.25) is 5.91 Å². The van der Waals surface area contributed by atoms with Gasteiger partial charge in [0.25, 0.3) is 5.91 Å². The van der Waals surface area contributed by atoms with Gasteiger partial charge in [-0.05, 0) is 41.8 Å². The summed E-state index contributed by atoms with van der Waals surface area (Å²) in [4.78, 5) is 25.7. The molecule has 2 aromatic carbocycles. The molecule has 0 aromatic heterocycles. The molecule has 2 aromatic rings.